The smallest absolute Gasteiger partial charge is 0.414 e. The van der Waals surface area contributed by atoms with E-state index >= 15 is 0 Å². The monoisotopic (exact) mass is 416 g/mol. The number of imidazole rings is 1. The van der Waals surface area contributed by atoms with E-state index in [1.807, 2.05) is 13.1 Å². The standard InChI is InChI=1S/C17H15FN4O2.C2H2O4/c1-21-16(13-5-3-7-15(9-13)22(23)24)11-20-17(21)19-10-12-4-2-6-14(18)8-12;3-1(4)2(5)6/h2-9,11H,10H2,1H3,(H,19,20);(H,3,4)(H,5,6). The van der Waals surface area contributed by atoms with Crippen molar-refractivity contribution < 1.29 is 29.1 Å². The fourth-order valence-electron chi connectivity index (χ4n) is 2.45. The van der Waals surface area contributed by atoms with Gasteiger partial charge in [0.25, 0.3) is 5.69 Å². The normalized spacial score (nSPS) is 9.93. The summed E-state index contributed by atoms with van der Waals surface area (Å²) in [6.07, 6.45) is 1.65. The molecule has 0 saturated heterocycles. The number of hydrogen-bond acceptors (Lipinski definition) is 6. The van der Waals surface area contributed by atoms with Crippen LogP contribution in [0, 0.1) is 15.9 Å². The molecule has 0 spiro atoms. The number of benzene rings is 2. The number of carbonyl (C=O) groups is 2. The lowest BCUT2D eigenvalue weighted by molar-refractivity contribution is -0.384. The second-order valence-corrected chi connectivity index (χ2v) is 5.93. The summed E-state index contributed by atoms with van der Waals surface area (Å²) < 4.78 is 15.0. The molecule has 0 aliphatic rings. The van der Waals surface area contributed by atoms with Crippen molar-refractivity contribution in [1.29, 1.82) is 0 Å². The zero-order chi connectivity index (χ0) is 22.3. The van der Waals surface area contributed by atoms with Gasteiger partial charge < -0.3 is 20.1 Å². The van der Waals surface area contributed by atoms with Crippen LogP contribution in [0.15, 0.2) is 54.7 Å². The van der Waals surface area contributed by atoms with Crippen LogP contribution >= 0.6 is 0 Å². The lowest BCUT2D eigenvalue weighted by atomic mass is 10.1. The first-order chi connectivity index (χ1) is 14.2. The maximum absolute atomic E-state index is 13.2. The molecule has 3 rings (SSSR count). The topological polar surface area (TPSA) is 148 Å². The third-order valence-corrected chi connectivity index (χ3v) is 3.86. The number of nitrogens with zero attached hydrogens (tertiary/aromatic N) is 3. The Kier molecular flexibility index (Phi) is 7.17. The molecule has 0 amide bonds. The Morgan fingerprint density at radius 2 is 1.83 bits per heavy atom. The maximum atomic E-state index is 13.2. The van der Waals surface area contributed by atoms with E-state index in [1.165, 1.54) is 24.3 Å². The fraction of sp³-hybridized carbons (Fsp3) is 0.105. The van der Waals surface area contributed by atoms with E-state index in [2.05, 4.69) is 10.3 Å². The molecule has 0 unspecified atom stereocenters. The molecule has 0 aliphatic heterocycles. The molecule has 0 radical (unpaired) electrons. The van der Waals surface area contributed by atoms with Crippen LogP contribution in [0.4, 0.5) is 16.0 Å². The predicted molar refractivity (Wildman–Crippen MR) is 104 cm³/mol. The van der Waals surface area contributed by atoms with Gasteiger partial charge in [0.15, 0.2) is 0 Å². The molecule has 0 atom stereocenters. The van der Waals surface area contributed by atoms with Crippen LogP contribution in [-0.4, -0.2) is 36.6 Å². The number of aliphatic carboxylic acids is 2. The average molecular weight is 416 g/mol. The molecule has 3 N–H and O–H groups in total. The van der Waals surface area contributed by atoms with Gasteiger partial charge in [0, 0.05) is 31.3 Å². The first-order valence-electron chi connectivity index (χ1n) is 8.40. The summed E-state index contributed by atoms with van der Waals surface area (Å²) in [6, 6.07) is 12.7. The number of anilines is 1. The third-order valence-electron chi connectivity index (χ3n) is 3.86. The molecular formula is C19H17FN4O6. The van der Waals surface area contributed by atoms with Gasteiger partial charge in [-0.25, -0.2) is 19.0 Å². The lowest BCUT2D eigenvalue weighted by Gasteiger charge is -2.08. The Balaban J connectivity index is 0.000000469. The number of nitro benzene ring substituents is 1. The SMILES string of the molecule is Cn1c(-c2cccc([N+](=O)[O-])c2)cnc1NCc1cccc(F)c1.O=C(O)C(=O)O. The molecule has 0 bridgehead atoms. The van der Waals surface area contributed by atoms with Crippen LogP contribution in [0.25, 0.3) is 11.3 Å². The molecule has 0 aliphatic carbocycles. The van der Waals surface area contributed by atoms with Crippen molar-refractivity contribution in [2.24, 2.45) is 7.05 Å². The molecule has 1 aromatic heterocycles. The van der Waals surface area contributed by atoms with Crippen molar-refractivity contribution in [1.82, 2.24) is 9.55 Å². The van der Waals surface area contributed by atoms with E-state index in [1.54, 1.807) is 29.0 Å². The molecule has 3 aromatic rings. The maximum Gasteiger partial charge on any atom is 0.414 e. The van der Waals surface area contributed by atoms with Crippen molar-refractivity contribution in [3.8, 4) is 11.3 Å². The summed E-state index contributed by atoms with van der Waals surface area (Å²) in [6.45, 7) is 0.428. The van der Waals surface area contributed by atoms with Gasteiger partial charge in [0.1, 0.15) is 5.82 Å². The molecule has 11 heteroatoms. The van der Waals surface area contributed by atoms with Gasteiger partial charge in [-0.15, -0.1) is 0 Å². The van der Waals surface area contributed by atoms with E-state index in [0.717, 1.165) is 11.3 Å². The van der Waals surface area contributed by atoms with Crippen molar-refractivity contribution in [2.75, 3.05) is 5.32 Å². The van der Waals surface area contributed by atoms with Crippen LogP contribution in [0.5, 0.6) is 0 Å². The summed E-state index contributed by atoms with van der Waals surface area (Å²) in [5.74, 6) is -3.34. The highest BCUT2D eigenvalue weighted by Gasteiger charge is 2.12. The number of nitro groups is 1. The number of halogens is 1. The van der Waals surface area contributed by atoms with Crippen LogP contribution in [0.1, 0.15) is 5.56 Å². The van der Waals surface area contributed by atoms with Crippen molar-refractivity contribution in [3.63, 3.8) is 0 Å². The highest BCUT2D eigenvalue weighted by Crippen LogP contribution is 2.25. The summed E-state index contributed by atoms with van der Waals surface area (Å²) in [7, 11) is 1.81. The molecule has 30 heavy (non-hydrogen) atoms. The summed E-state index contributed by atoms with van der Waals surface area (Å²) in [5, 5.41) is 28.8. The van der Waals surface area contributed by atoms with Crippen LogP contribution in [-0.2, 0) is 23.2 Å². The number of hydrogen-bond donors (Lipinski definition) is 3. The minimum absolute atomic E-state index is 0.0305. The van der Waals surface area contributed by atoms with Crippen LogP contribution in [0.3, 0.4) is 0 Å². The van der Waals surface area contributed by atoms with E-state index in [9.17, 15) is 14.5 Å². The van der Waals surface area contributed by atoms with Crippen molar-refractivity contribution in [2.45, 2.75) is 6.54 Å². The molecule has 1 heterocycles. The lowest BCUT2D eigenvalue weighted by Crippen LogP contribution is -2.09. The fourth-order valence-corrected chi connectivity index (χ4v) is 2.45. The van der Waals surface area contributed by atoms with Crippen molar-refractivity contribution >= 4 is 23.6 Å². The molecule has 156 valence electrons. The van der Waals surface area contributed by atoms with Crippen LogP contribution < -0.4 is 5.32 Å². The second-order valence-electron chi connectivity index (χ2n) is 5.93. The zero-order valence-corrected chi connectivity index (χ0v) is 15.7. The average Bonchev–Trinajstić information content (AvgIpc) is 3.07. The quantitative estimate of drug-likeness (QED) is 0.327. The zero-order valence-electron chi connectivity index (χ0n) is 15.7. The third kappa shape index (κ3) is 5.86. The van der Waals surface area contributed by atoms with Gasteiger partial charge in [0.2, 0.25) is 5.95 Å². The first-order valence-corrected chi connectivity index (χ1v) is 8.40. The molecule has 0 fully saturated rings. The summed E-state index contributed by atoms with van der Waals surface area (Å²) in [4.78, 5) is 33.0. The molecular weight excluding hydrogens is 399 g/mol. The molecule has 2 aromatic carbocycles. The number of carboxylic acids is 2. The highest BCUT2D eigenvalue weighted by atomic mass is 19.1. The highest BCUT2D eigenvalue weighted by molar-refractivity contribution is 6.27. The second kappa shape index (κ2) is 9.78. The largest absolute Gasteiger partial charge is 0.473 e. The minimum atomic E-state index is -1.82. The Morgan fingerprint density at radius 3 is 2.43 bits per heavy atom. The van der Waals surface area contributed by atoms with Gasteiger partial charge >= 0.3 is 11.9 Å². The Morgan fingerprint density at radius 1 is 1.17 bits per heavy atom. The van der Waals surface area contributed by atoms with Gasteiger partial charge in [-0.1, -0.05) is 24.3 Å². The van der Waals surface area contributed by atoms with Crippen LogP contribution in [0.2, 0.25) is 0 Å². The van der Waals surface area contributed by atoms with Crippen molar-refractivity contribution in [3.05, 3.63) is 76.2 Å². The first kappa shape index (κ1) is 22.0. The van der Waals surface area contributed by atoms with Gasteiger partial charge in [-0.3, -0.25) is 10.1 Å². The number of non-ortho nitro benzene ring substituents is 1. The Labute approximate surface area is 169 Å². The minimum Gasteiger partial charge on any atom is -0.473 e. The van der Waals surface area contributed by atoms with Gasteiger partial charge in [0.05, 0.1) is 16.8 Å². The van der Waals surface area contributed by atoms with E-state index < -0.39 is 16.9 Å². The number of rotatable bonds is 5. The molecule has 0 saturated carbocycles. The molecule has 10 nitrogen and oxygen atoms in total. The number of nitrogens with one attached hydrogen (secondary N) is 1. The number of carboxylic acid groups (broad SMARTS) is 2. The summed E-state index contributed by atoms with van der Waals surface area (Å²) >= 11 is 0. The van der Waals surface area contributed by atoms with E-state index in [-0.39, 0.29) is 11.5 Å². The van der Waals surface area contributed by atoms with E-state index in [0.29, 0.717) is 18.1 Å². The van der Waals surface area contributed by atoms with Gasteiger partial charge in [-0.05, 0) is 17.7 Å². The van der Waals surface area contributed by atoms with E-state index in [4.69, 9.17) is 19.8 Å². The Hall–Kier alpha value is -4.28. The Bertz CT molecular complexity index is 1070. The number of aromatic nitrogens is 2. The summed E-state index contributed by atoms with van der Waals surface area (Å²) in [5.41, 5.74) is 2.29. The van der Waals surface area contributed by atoms with Gasteiger partial charge in [-0.2, -0.15) is 0 Å². The predicted octanol–water partition coefficient (Wildman–Crippen LogP) is 2.90.